The summed E-state index contributed by atoms with van der Waals surface area (Å²) >= 11 is 0. The van der Waals surface area contributed by atoms with E-state index in [2.05, 4.69) is 11.8 Å². The Morgan fingerprint density at radius 2 is 2.06 bits per heavy atom. The van der Waals surface area contributed by atoms with Crippen molar-refractivity contribution in [1.82, 2.24) is 4.90 Å². The summed E-state index contributed by atoms with van der Waals surface area (Å²) in [6, 6.07) is 5.52. The van der Waals surface area contributed by atoms with Gasteiger partial charge in [-0.1, -0.05) is 19.1 Å². The quantitative estimate of drug-likeness (QED) is 0.835. The highest BCUT2D eigenvalue weighted by atomic mass is 16.3. The minimum absolute atomic E-state index is 0.0691. The number of benzene rings is 1. The molecule has 0 atom stereocenters. The second-order valence-corrected chi connectivity index (χ2v) is 5.01. The van der Waals surface area contributed by atoms with Crippen LogP contribution >= 0.6 is 0 Å². The first-order valence-electron chi connectivity index (χ1n) is 6.68. The van der Waals surface area contributed by atoms with E-state index in [9.17, 15) is 9.90 Å². The van der Waals surface area contributed by atoms with Crippen molar-refractivity contribution in [3.8, 4) is 5.75 Å². The number of aromatic hydroxyl groups is 1. The molecule has 0 amide bonds. The van der Waals surface area contributed by atoms with Gasteiger partial charge in [-0.15, -0.1) is 0 Å². The first kappa shape index (κ1) is 13.1. The van der Waals surface area contributed by atoms with E-state index in [0.717, 1.165) is 38.0 Å². The molecule has 1 N–H and O–H groups in total. The summed E-state index contributed by atoms with van der Waals surface area (Å²) in [6.07, 6.45) is 2.12. The molecular weight excluding hydrogens is 226 g/mol. The Balaban J connectivity index is 2.19. The molecule has 98 valence electrons. The van der Waals surface area contributed by atoms with Gasteiger partial charge in [0.2, 0.25) is 0 Å². The van der Waals surface area contributed by atoms with Crippen molar-refractivity contribution in [3.05, 3.63) is 29.3 Å². The maximum absolute atomic E-state index is 11.4. The van der Waals surface area contributed by atoms with Crippen molar-refractivity contribution in [2.24, 2.45) is 0 Å². The molecular formula is C15H21NO2. The lowest BCUT2D eigenvalue weighted by Gasteiger charge is -2.31. The summed E-state index contributed by atoms with van der Waals surface area (Å²) in [4.78, 5) is 13.9. The average Bonchev–Trinajstić information content (AvgIpc) is 2.39. The van der Waals surface area contributed by atoms with Gasteiger partial charge in [0.25, 0.3) is 0 Å². The summed E-state index contributed by atoms with van der Waals surface area (Å²) in [5.41, 5.74) is 1.39. The molecule has 18 heavy (non-hydrogen) atoms. The third-order valence-corrected chi connectivity index (χ3v) is 3.92. The highest BCUT2D eigenvalue weighted by molar-refractivity contribution is 5.97. The van der Waals surface area contributed by atoms with Crippen LogP contribution in [0.25, 0.3) is 0 Å². The third kappa shape index (κ3) is 2.56. The number of hydrogen-bond donors (Lipinski definition) is 1. The number of phenolic OH excluding ortho intramolecular Hbond substituents is 1. The first-order valence-corrected chi connectivity index (χ1v) is 6.68. The Labute approximate surface area is 108 Å². The molecule has 1 aliphatic heterocycles. The predicted molar refractivity (Wildman–Crippen MR) is 72.2 cm³/mol. The zero-order chi connectivity index (χ0) is 13.1. The van der Waals surface area contributed by atoms with Crippen LogP contribution < -0.4 is 0 Å². The molecule has 1 aliphatic rings. The number of piperidine rings is 1. The number of carbonyl (C=O) groups excluding carboxylic acids is 1. The van der Waals surface area contributed by atoms with Crippen LogP contribution in [0.15, 0.2) is 18.2 Å². The number of hydrogen-bond acceptors (Lipinski definition) is 3. The monoisotopic (exact) mass is 247 g/mol. The Morgan fingerprint density at radius 1 is 1.39 bits per heavy atom. The molecule has 3 heteroatoms. The summed E-state index contributed by atoms with van der Waals surface area (Å²) in [5, 5.41) is 10.2. The van der Waals surface area contributed by atoms with E-state index in [1.54, 1.807) is 6.07 Å². The van der Waals surface area contributed by atoms with Crippen LogP contribution in [0, 0.1) is 0 Å². The fraction of sp³-hybridized carbons (Fsp3) is 0.533. The second-order valence-electron chi connectivity index (χ2n) is 5.01. The van der Waals surface area contributed by atoms with Crippen molar-refractivity contribution < 1.29 is 9.90 Å². The first-order chi connectivity index (χ1) is 8.63. The highest BCUT2D eigenvalue weighted by Crippen LogP contribution is 2.35. The molecule has 0 spiro atoms. The van der Waals surface area contributed by atoms with Crippen LogP contribution in [-0.2, 0) is 0 Å². The number of ketones is 1. The molecule has 1 fully saturated rings. The Morgan fingerprint density at radius 3 is 2.61 bits per heavy atom. The number of rotatable bonds is 3. The summed E-state index contributed by atoms with van der Waals surface area (Å²) < 4.78 is 0. The van der Waals surface area contributed by atoms with Crippen LogP contribution in [0.2, 0.25) is 0 Å². The van der Waals surface area contributed by atoms with Crippen molar-refractivity contribution in [1.29, 1.82) is 0 Å². The number of likely N-dealkylation sites (tertiary alicyclic amines) is 1. The van der Waals surface area contributed by atoms with Crippen LogP contribution in [0.3, 0.4) is 0 Å². The molecule has 0 aliphatic carbocycles. The number of Topliss-reactive ketones (excluding diaryl/α,β-unsaturated/α-hetero) is 1. The highest BCUT2D eigenvalue weighted by Gasteiger charge is 2.23. The standard InChI is InChI=1S/C15H21NO2/c1-3-16-9-7-12(8-10-16)14-6-4-5-13(11(2)17)15(14)18/h4-6,12,18H,3,7-10H2,1-2H3. The van der Waals surface area contributed by atoms with E-state index in [-0.39, 0.29) is 11.5 Å². The zero-order valence-electron chi connectivity index (χ0n) is 11.1. The largest absolute Gasteiger partial charge is 0.507 e. The lowest BCUT2D eigenvalue weighted by molar-refractivity contribution is 0.101. The van der Waals surface area contributed by atoms with E-state index in [1.807, 2.05) is 12.1 Å². The van der Waals surface area contributed by atoms with Gasteiger partial charge in [-0.3, -0.25) is 4.79 Å². The lowest BCUT2D eigenvalue weighted by Crippen LogP contribution is -2.32. The van der Waals surface area contributed by atoms with Gasteiger partial charge >= 0.3 is 0 Å². The topological polar surface area (TPSA) is 40.5 Å². The summed E-state index contributed by atoms with van der Waals surface area (Å²) in [5.74, 6) is 0.507. The maximum atomic E-state index is 11.4. The number of para-hydroxylation sites is 1. The van der Waals surface area contributed by atoms with Crippen LogP contribution in [0.1, 0.15) is 48.5 Å². The van der Waals surface area contributed by atoms with Crippen molar-refractivity contribution in [2.45, 2.75) is 32.6 Å². The fourth-order valence-electron chi connectivity index (χ4n) is 2.74. The molecule has 1 saturated heterocycles. The smallest absolute Gasteiger partial charge is 0.163 e. The van der Waals surface area contributed by atoms with E-state index >= 15 is 0 Å². The molecule has 0 aromatic heterocycles. The molecule has 0 radical (unpaired) electrons. The fourth-order valence-corrected chi connectivity index (χ4v) is 2.74. The molecule has 1 heterocycles. The van der Waals surface area contributed by atoms with Gasteiger partial charge in [-0.25, -0.2) is 0 Å². The van der Waals surface area contributed by atoms with Gasteiger partial charge in [-0.2, -0.15) is 0 Å². The van der Waals surface area contributed by atoms with Gasteiger partial charge in [0.15, 0.2) is 5.78 Å². The molecule has 1 aromatic rings. The number of phenols is 1. The lowest BCUT2D eigenvalue weighted by atomic mass is 9.87. The van der Waals surface area contributed by atoms with E-state index in [4.69, 9.17) is 0 Å². The SMILES string of the molecule is CCN1CCC(c2cccc(C(C)=O)c2O)CC1. The van der Waals surface area contributed by atoms with Gasteiger partial charge in [0.05, 0.1) is 5.56 Å². The normalized spacial score (nSPS) is 17.9. The van der Waals surface area contributed by atoms with Gasteiger partial charge in [-0.05, 0) is 56.9 Å². The van der Waals surface area contributed by atoms with Crippen molar-refractivity contribution in [2.75, 3.05) is 19.6 Å². The average molecular weight is 247 g/mol. The van der Waals surface area contributed by atoms with Crippen molar-refractivity contribution >= 4 is 5.78 Å². The maximum Gasteiger partial charge on any atom is 0.163 e. The second kappa shape index (κ2) is 5.53. The van der Waals surface area contributed by atoms with Crippen molar-refractivity contribution in [3.63, 3.8) is 0 Å². The zero-order valence-corrected chi connectivity index (χ0v) is 11.1. The molecule has 3 nitrogen and oxygen atoms in total. The Kier molecular flexibility index (Phi) is 4.02. The van der Waals surface area contributed by atoms with E-state index < -0.39 is 0 Å². The minimum atomic E-state index is -0.0691. The molecule has 2 rings (SSSR count). The van der Waals surface area contributed by atoms with Crippen LogP contribution in [0.4, 0.5) is 0 Å². The molecule has 1 aromatic carbocycles. The van der Waals surface area contributed by atoms with Gasteiger partial charge < -0.3 is 10.0 Å². The third-order valence-electron chi connectivity index (χ3n) is 3.92. The van der Waals surface area contributed by atoms with Gasteiger partial charge in [0.1, 0.15) is 5.75 Å². The van der Waals surface area contributed by atoms with E-state index in [0.29, 0.717) is 11.5 Å². The molecule has 0 saturated carbocycles. The Hall–Kier alpha value is -1.35. The summed E-state index contributed by atoms with van der Waals surface area (Å²) in [6.45, 7) is 6.91. The Bertz CT molecular complexity index is 434. The van der Waals surface area contributed by atoms with Crippen LogP contribution in [0.5, 0.6) is 5.75 Å². The minimum Gasteiger partial charge on any atom is -0.507 e. The van der Waals surface area contributed by atoms with Gasteiger partial charge in [0, 0.05) is 0 Å². The molecule has 0 bridgehead atoms. The number of carbonyl (C=O) groups is 1. The molecule has 0 unspecified atom stereocenters. The van der Waals surface area contributed by atoms with Crippen LogP contribution in [-0.4, -0.2) is 35.4 Å². The van der Waals surface area contributed by atoms with E-state index in [1.165, 1.54) is 6.92 Å². The predicted octanol–water partition coefficient (Wildman–Crippen LogP) is 2.79. The summed E-state index contributed by atoms with van der Waals surface area (Å²) in [7, 11) is 0. The number of nitrogens with zero attached hydrogens (tertiary/aromatic N) is 1.